The standard InChI is InChI=1S/C19H20ClN5O3S/c1-24(11-12-28-17-7-3-14(20)4-8-17)18(26)13-29-19-21-22-23-25(19)15-5-9-16(27-2)10-6-15/h3-10H,11-13H2,1-2H3. The molecule has 0 saturated carbocycles. The molecule has 1 aromatic heterocycles. The average Bonchev–Trinajstić information content (AvgIpc) is 3.22. The van der Waals surface area contributed by atoms with E-state index in [-0.39, 0.29) is 11.7 Å². The van der Waals surface area contributed by atoms with Crippen molar-refractivity contribution < 1.29 is 14.3 Å². The Labute approximate surface area is 177 Å². The van der Waals surface area contributed by atoms with Gasteiger partial charge in [0.05, 0.1) is 25.1 Å². The molecule has 10 heteroatoms. The van der Waals surface area contributed by atoms with Crippen LogP contribution in [0.5, 0.6) is 11.5 Å². The number of hydrogen-bond acceptors (Lipinski definition) is 7. The van der Waals surface area contributed by atoms with Crippen LogP contribution in [0.15, 0.2) is 53.7 Å². The van der Waals surface area contributed by atoms with E-state index >= 15 is 0 Å². The van der Waals surface area contributed by atoms with Crippen LogP contribution in [0.4, 0.5) is 0 Å². The molecule has 1 amide bonds. The minimum Gasteiger partial charge on any atom is -0.497 e. The van der Waals surface area contributed by atoms with Crippen LogP contribution in [-0.4, -0.2) is 64.1 Å². The van der Waals surface area contributed by atoms with Crippen LogP contribution >= 0.6 is 23.4 Å². The zero-order valence-corrected chi connectivity index (χ0v) is 17.6. The molecule has 0 fully saturated rings. The summed E-state index contributed by atoms with van der Waals surface area (Å²) in [5.74, 6) is 1.63. The van der Waals surface area contributed by atoms with Crippen molar-refractivity contribution in [2.24, 2.45) is 0 Å². The van der Waals surface area contributed by atoms with E-state index in [4.69, 9.17) is 21.1 Å². The van der Waals surface area contributed by atoms with E-state index in [0.29, 0.717) is 29.1 Å². The number of nitrogens with zero attached hydrogens (tertiary/aromatic N) is 5. The Morgan fingerprint density at radius 1 is 1.14 bits per heavy atom. The molecule has 0 saturated heterocycles. The highest BCUT2D eigenvalue weighted by Crippen LogP contribution is 2.20. The highest BCUT2D eigenvalue weighted by Gasteiger charge is 2.14. The van der Waals surface area contributed by atoms with Crippen molar-refractivity contribution in [1.29, 1.82) is 0 Å². The number of thioether (sulfide) groups is 1. The quantitative estimate of drug-likeness (QED) is 0.480. The van der Waals surface area contributed by atoms with Crippen molar-refractivity contribution in [2.75, 3.05) is 33.1 Å². The van der Waals surface area contributed by atoms with E-state index in [0.717, 1.165) is 11.4 Å². The number of halogens is 1. The normalized spacial score (nSPS) is 10.6. The number of amides is 1. The van der Waals surface area contributed by atoms with Crippen LogP contribution in [0.2, 0.25) is 5.02 Å². The summed E-state index contributed by atoms with van der Waals surface area (Å²) in [4.78, 5) is 14.0. The van der Waals surface area contributed by atoms with Gasteiger partial charge >= 0.3 is 0 Å². The number of ether oxygens (including phenoxy) is 2. The smallest absolute Gasteiger partial charge is 0.232 e. The lowest BCUT2D eigenvalue weighted by molar-refractivity contribution is -0.127. The maximum Gasteiger partial charge on any atom is 0.232 e. The van der Waals surface area contributed by atoms with E-state index in [1.807, 2.05) is 24.3 Å². The van der Waals surface area contributed by atoms with Gasteiger partial charge in [-0.25, -0.2) is 0 Å². The van der Waals surface area contributed by atoms with Gasteiger partial charge in [-0.3, -0.25) is 4.79 Å². The fourth-order valence-electron chi connectivity index (χ4n) is 2.35. The third-order valence-electron chi connectivity index (χ3n) is 4.02. The van der Waals surface area contributed by atoms with Crippen molar-refractivity contribution in [3.05, 3.63) is 53.6 Å². The first-order valence-corrected chi connectivity index (χ1v) is 10.1. The highest BCUT2D eigenvalue weighted by atomic mass is 35.5. The monoisotopic (exact) mass is 433 g/mol. The summed E-state index contributed by atoms with van der Waals surface area (Å²) in [6.07, 6.45) is 0. The van der Waals surface area contributed by atoms with Crippen molar-refractivity contribution in [3.8, 4) is 17.2 Å². The topological polar surface area (TPSA) is 82.4 Å². The molecule has 0 bridgehead atoms. The zero-order chi connectivity index (χ0) is 20.6. The minimum atomic E-state index is -0.0426. The van der Waals surface area contributed by atoms with E-state index < -0.39 is 0 Å². The second kappa shape index (κ2) is 10.1. The van der Waals surface area contributed by atoms with Crippen LogP contribution in [-0.2, 0) is 4.79 Å². The molecule has 0 radical (unpaired) electrons. The Morgan fingerprint density at radius 3 is 2.52 bits per heavy atom. The Kier molecular flexibility index (Phi) is 7.31. The van der Waals surface area contributed by atoms with E-state index in [1.54, 1.807) is 48.0 Å². The molecule has 8 nitrogen and oxygen atoms in total. The summed E-state index contributed by atoms with van der Waals surface area (Å²) in [5, 5.41) is 12.9. The summed E-state index contributed by atoms with van der Waals surface area (Å²) in [6, 6.07) is 14.4. The molecule has 0 aliphatic rings. The molecule has 152 valence electrons. The van der Waals surface area contributed by atoms with Crippen molar-refractivity contribution in [2.45, 2.75) is 5.16 Å². The molecule has 0 aliphatic heterocycles. The number of benzene rings is 2. The molecular formula is C19H20ClN5O3S. The van der Waals surface area contributed by atoms with Crippen LogP contribution < -0.4 is 9.47 Å². The van der Waals surface area contributed by atoms with E-state index in [9.17, 15) is 4.79 Å². The molecule has 0 N–H and O–H groups in total. The third kappa shape index (κ3) is 5.85. The Bertz CT molecular complexity index is 934. The molecule has 0 spiro atoms. The van der Waals surface area contributed by atoms with Crippen LogP contribution in [0.25, 0.3) is 5.69 Å². The lowest BCUT2D eigenvalue weighted by atomic mass is 10.3. The van der Waals surface area contributed by atoms with Crippen molar-refractivity contribution in [1.82, 2.24) is 25.1 Å². The highest BCUT2D eigenvalue weighted by molar-refractivity contribution is 7.99. The first-order chi connectivity index (χ1) is 14.1. The number of hydrogen-bond donors (Lipinski definition) is 0. The largest absolute Gasteiger partial charge is 0.497 e. The van der Waals surface area contributed by atoms with Gasteiger partial charge in [0.15, 0.2) is 0 Å². The maximum absolute atomic E-state index is 12.4. The second-order valence-corrected chi connectivity index (χ2v) is 7.36. The van der Waals surface area contributed by atoms with Gasteiger partial charge in [-0.2, -0.15) is 4.68 Å². The van der Waals surface area contributed by atoms with Gasteiger partial charge in [-0.15, -0.1) is 5.10 Å². The molecule has 3 aromatic rings. The maximum atomic E-state index is 12.4. The van der Waals surface area contributed by atoms with Gasteiger partial charge in [-0.05, 0) is 59.0 Å². The van der Waals surface area contributed by atoms with Crippen LogP contribution in [0, 0.1) is 0 Å². The summed E-state index contributed by atoms with van der Waals surface area (Å²) in [6.45, 7) is 0.851. The SMILES string of the molecule is COc1ccc(-n2nnnc2SCC(=O)N(C)CCOc2ccc(Cl)cc2)cc1. The van der Waals surface area contributed by atoms with Gasteiger partial charge in [0, 0.05) is 12.1 Å². The van der Waals surface area contributed by atoms with Gasteiger partial charge in [0.25, 0.3) is 0 Å². The lowest BCUT2D eigenvalue weighted by Crippen LogP contribution is -2.32. The third-order valence-corrected chi connectivity index (χ3v) is 5.17. The van der Waals surface area contributed by atoms with Crippen LogP contribution in [0.3, 0.4) is 0 Å². The van der Waals surface area contributed by atoms with Crippen LogP contribution in [0.1, 0.15) is 0 Å². The van der Waals surface area contributed by atoms with Crippen molar-refractivity contribution >= 4 is 29.3 Å². The van der Waals surface area contributed by atoms with Gasteiger partial charge < -0.3 is 14.4 Å². The summed E-state index contributed by atoms with van der Waals surface area (Å²) in [7, 11) is 3.34. The predicted octanol–water partition coefficient (Wildman–Crippen LogP) is 2.95. The first-order valence-electron chi connectivity index (χ1n) is 8.75. The molecule has 0 atom stereocenters. The van der Waals surface area contributed by atoms with E-state index in [1.165, 1.54) is 11.8 Å². The van der Waals surface area contributed by atoms with Gasteiger partial charge in [0.1, 0.15) is 18.1 Å². The Hall–Kier alpha value is -2.78. The van der Waals surface area contributed by atoms with Gasteiger partial charge in [-0.1, -0.05) is 23.4 Å². The number of carbonyl (C=O) groups excluding carboxylic acids is 1. The Balaban J connectivity index is 1.48. The summed E-state index contributed by atoms with van der Waals surface area (Å²) >= 11 is 7.12. The number of aromatic nitrogens is 4. The zero-order valence-electron chi connectivity index (χ0n) is 16.0. The summed E-state index contributed by atoms with van der Waals surface area (Å²) in [5.41, 5.74) is 0.787. The fraction of sp³-hybridized carbons (Fsp3) is 0.263. The summed E-state index contributed by atoms with van der Waals surface area (Å²) < 4.78 is 12.4. The molecular weight excluding hydrogens is 414 g/mol. The number of tetrazole rings is 1. The number of likely N-dealkylation sites (N-methyl/N-ethyl adjacent to an activating group) is 1. The number of rotatable bonds is 9. The predicted molar refractivity (Wildman–Crippen MR) is 111 cm³/mol. The molecule has 0 aliphatic carbocycles. The number of carbonyl (C=O) groups is 1. The molecule has 29 heavy (non-hydrogen) atoms. The minimum absolute atomic E-state index is 0.0426. The molecule has 2 aromatic carbocycles. The lowest BCUT2D eigenvalue weighted by Gasteiger charge is -2.17. The molecule has 0 unspecified atom stereocenters. The first kappa shape index (κ1) is 20.9. The average molecular weight is 434 g/mol. The molecule has 1 heterocycles. The Morgan fingerprint density at radius 2 is 1.83 bits per heavy atom. The van der Waals surface area contributed by atoms with E-state index in [2.05, 4.69) is 15.5 Å². The van der Waals surface area contributed by atoms with Gasteiger partial charge in [0.2, 0.25) is 11.1 Å². The van der Waals surface area contributed by atoms with Crippen molar-refractivity contribution in [3.63, 3.8) is 0 Å². The molecule has 3 rings (SSSR count). The fourth-order valence-corrected chi connectivity index (χ4v) is 3.30. The second-order valence-electron chi connectivity index (χ2n) is 5.98. The number of methoxy groups -OCH3 is 1.